The number of nitrogens with zero attached hydrogens (tertiary/aromatic N) is 2. The second-order valence-corrected chi connectivity index (χ2v) is 7.66. The summed E-state index contributed by atoms with van der Waals surface area (Å²) < 4.78 is 4.96. The molecule has 0 saturated carbocycles. The Balaban J connectivity index is 1.48. The van der Waals surface area contributed by atoms with Crippen LogP contribution in [0.5, 0.6) is 0 Å². The van der Waals surface area contributed by atoms with Gasteiger partial charge in [0.15, 0.2) is 6.61 Å². The smallest absolute Gasteiger partial charge is 0.316 e. The molecule has 0 aliphatic rings. The Kier molecular flexibility index (Phi) is 6.96. The molecule has 2 aromatic carbocycles. The summed E-state index contributed by atoms with van der Waals surface area (Å²) in [6.45, 7) is -0.459. The fourth-order valence-corrected chi connectivity index (χ4v) is 3.37. The Morgan fingerprint density at radius 3 is 2.54 bits per heavy atom. The van der Waals surface area contributed by atoms with Gasteiger partial charge in [0.1, 0.15) is 5.03 Å². The molecule has 0 radical (unpaired) electrons. The summed E-state index contributed by atoms with van der Waals surface area (Å²) in [5, 5.41) is 3.83. The number of carbonyl (C=O) groups excluding carboxylic acids is 2. The summed E-state index contributed by atoms with van der Waals surface area (Å²) in [5.41, 5.74) is 1.78. The third-order valence-electron chi connectivity index (χ3n) is 3.41. The molecule has 3 rings (SSSR count). The van der Waals surface area contributed by atoms with E-state index >= 15 is 0 Å². The Morgan fingerprint density at radius 1 is 1.04 bits per heavy atom. The van der Waals surface area contributed by atoms with Crippen LogP contribution < -0.4 is 5.32 Å². The normalized spacial score (nSPS) is 10.7. The van der Waals surface area contributed by atoms with Gasteiger partial charge in [0, 0.05) is 0 Å². The number of aromatic nitrogens is 2. The first kappa shape index (κ1) is 20.7. The van der Waals surface area contributed by atoms with Gasteiger partial charge in [-0.15, -0.1) is 0 Å². The van der Waals surface area contributed by atoms with Gasteiger partial charge >= 0.3 is 5.97 Å². The van der Waals surface area contributed by atoms with E-state index in [4.69, 9.17) is 39.5 Å². The lowest BCUT2D eigenvalue weighted by Gasteiger charge is -2.09. The Morgan fingerprint density at radius 2 is 1.75 bits per heavy atom. The highest BCUT2D eigenvalue weighted by Gasteiger charge is 2.12. The van der Waals surface area contributed by atoms with Crippen molar-refractivity contribution < 1.29 is 14.3 Å². The quantitative estimate of drug-likeness (QED) is 0.324. The molecule has 28 heavy (non-hydrogen) atoms. The molecule has 0 fully saturated rings. The van der Waals surface area contributed by atoms with Crippen molar-refractivity contribution in [3.05, 3.63) is 57.7 Å². The fraction of sp³-hybridized carbons (Fsp3) is 0.111. The monoisotopic (exact) mass is 455 g/mol. The number of hydrogen-bond donors (Lipinski definition) is 1. The van der Waals surface area contributed by atoms with Gasteiger partial charge in [-0.25, -0.2) is 4.98 Å². The van der Waals surface area contributed by atoms with E-state index in [0.717, 1.165) is 11.0 Å². The molecule has 0 aliphatic heterocycles. The largest absolute Gasteiger partial charge is 0.455 e. The highest BCUT2D eigenvalue weighted by Crippen LogP contribution is 2.32. The SMILES string of the molecule is O=C(COC(=O)CSc1cnc2ccccc2n1)Nc1cc(Cl)c(Cl)cc1Cl. The molecule has 3 aromatic rings. The molecule has 0 bridgehead atoms. The van der Waals surface area contributed by atoms with Crippen LogP contribution in [-0.2, 0) is 14.3 Å². The van der Waals surface area contributed by atoms with E-state index in [9.17, 15) is 9.59 Å². The lowest BCUT2D eigenvalue weighted by molar-refractivity contribution is -0.144. The number of carbonyl (C=O) groups is 2. The molecule has 1 N–H and O–H groups in total. The Labute approximate surface area is 179 Å². The van der Waals surface area contributed by atoms with E-state index in [0.29, 0.717) is 5.03 Å². The van der Waals surface area contributed by atoms with Gasteiger partial charge in [-0.1, -0.05) is 58.7 Å². The van der Waals surface area contributed by atoms with E-state index in [1.54, 1.807) is 6.20 Å². The molecule has 6 nitrogen and oxygen atoms in total. The van der Waals surface area contributed by atoms with Crippen molar-refractivity contribution in [1.82, 2.24) is 9.97 Å². The molecule has 0 aliphatic carbocycles. The molecule has 10 heteroatoms. The van der Waals surface area contributed by atoms with Crippen molar-refractivity contribution >= 4 is 75.2 Å². The third kappa shape index (κ3) is 5.48. The number of para-hydroxylation sites is 2. The van der Waals surface area contributed by atoms with Gasteiger partial charge in [-0.3, -0.25) is 14.6 Å². The van der Waals surface area contributed by atoms with Crippen molar-refractivity contribution in [2.24, 2.45) is 0 Å². The third-order valence-corrected chi connectivity index (χ3v) is 5.32. The minimum Gasteiger partial charge on any atom is -0.455 e. The van der Waals surface area contributed by atoms with Crippen LogP contribution in [0.4, 0.5) is 5.69 Å². The Bertz CT molecular complexity index is 1050. The number of thioether (sulfide) groups is 1. The molecule has 0 atom stereocenters. The standard InChI is InChI=1S/C18H12Cl3N3O3S/c19-10-5-12(21)15(6-11(10)20)23-16(25)8-27-18(26)9-28-17-7-22-13-3-1-2-4-14(13)24-17/h1-7H,8-9H2,(H,23,25). The minimum absolute atomic E-state index is 0.00612. The number of nitrogens with one attached hydrogen (secondary N) is 1. The molecular formula is C18H12Cl3N3O3S. The summed E-state index contributed by atoms with van der Waals surface area (Å²) in [6, 6.07) is 10.2. The van der Waals surface area contributed by atoms with Crippen LogP contribution in [0.1, 0.15) is 0 Å². The van der Waals surface area contributed by atoms with Crippen LogP contribution in [0.3, 0.4) is 0 Å². The van der Waals surface area contributed by atoms with Crippen molar-refractivity contribution in [2.75, 3.05) is 17.7 Å². The number of anilines is 1. The van der Waals surface area contributed by atoms with Crippen molar-refractivity contribution in [2.45, 2.75) is 5.03 Å². The van der Waals surface area contributed by atoms with E-state index in [1.165, 1.54) is 23.9 Å². The van der Waals surface area contributed by atoms with Gasteiger partial charge in [0.05, 0.1) is 43.7 Å². The first-order valence-corrected chi connectivity index (χ1v) is 9.99. The van der Waals surface area contributed by atoms with E-state index in [-0.39, 0.29) is 26.5 Å². The number of halogens is 3. The van der Waals surface area contributed by atoms with E-state index in [2.05, 4.69) is 15.3 Å². The van der Waals surface area contributed by atoms with Crippen LogP contribution in [0.15, 0.2) is 47.6 Å². The lowest BCUT2D eigenvalue weighted by atomic mass is 10.3. The number of rotatable bonds is 6. The number of amides is 1. The van der Waals surface area contributed by atoms with Crippen molar-refractivity contribution in [3.8, 4) is 0 Å². The Hall–Kier alpha value is -2.06. The molecule has 144 valence electrons. The maximum Gasteiger partial charge on any atom is 0.316 e. The van der Waals surface area contributed by atoms with Crippen LogP contribution in [-0.4, -0.2) is 34.2 Å². The summed E-state index contributed by atoms with van der Waals surface area (Å²) in [5.74, 6) is -1.12. The lowest BCUT2D eigenvalue weighted by Crippen LogP contribution is -2.21. The number of benzene rings is 2. The maximum absolute atomic E-state index is 11.9. The zero-order chi connectivity index (χ0) is 20.1. The molecule has 1 amide bonds. The fourth-order valence-electron chi connectivity index (χ4n) is 2.13. The van der Waals surface area contributed by atoms with E-state index in [1.807, 2.05) is 24.3 Å². The number of esters is 1. The summed E-state index contributed by atoms with van der Waals surface area (Å²) in [4.78, 5) is 32.5. The van der Waals surface area contributed by atoms with Gasteiger partial charge in [-0.2, -0.15) is 0 Å². The minimum atomic E-state index is -0.560. The average molecular weight is 457 g/mol. The highest BCUT2D eigenvalue weighted by atomic mass is 35.5. The first-order chi connectivity index (χ1) is 13.4. The second-order valence-electron chi connectivity index (χ2n) is 5.44. The molecule has 0 unspecified atom stereocenters. The zero-order valence-corrected chi connectivity index (χ0v) is 17.2. The number of hydrogen-bond acceptors (Lipinski definition) is 6. The molecule has 0 saturated heterocycles. The number of fused-ring (bicyclic) bond motifs is 1. The first-order valence-electron chi connectivity index (χ1n) is 7.87. The van der Waals surface area contributed by atoms with Gasteiger partial charge < -0.3 is 10.1 Å². The highest BCUT2D eigenvalue weighted by molar-refractivity contribution is 7.99. The van der Waals surface area contributed by atoms with Gasteiger partial charge in [0.2, 0.25) is 0 Å². The van der Waals surface area contributed by atoms with Crippen molar-refractivity contribution in [3.63, 3.8) is 0 Å². The topological polar surface area (TPSA) is 81.2 Å². The predicted molar refractivity (Wildman–Crippen MR) is 111 cm³/mol. The summed E-state index contributed by atoms with van der Waals surface area (Å²) in [7, 11) is 0. The zero-order valence-electron chi connectivity index (χ0n) is 14.1. The van der Waals surface area contributed by atoms with Gasteiger partial charge in [-0.05, 0) is 24.3 Å². The van der Waals surface area contributed by atoms with Crippen molar-refractivity contribution in [1.29, 1.82) is 0 Å². The van der Waals surface area contributed by atoms with Crippen LogP contribution in [0.2, 0.25) is 15.1 Å². The number of ether oxygens (including phenoxy) is 1. The van der Waals surface area contributed by atoms with Crippen LogP contribution in [0.25, 0.3) is 11.0 Å². The predicted octanol–water partition coefficient (Wildman–Crippen LogP) is 4.86. The molecular weight excluding hydrogens is 445 g/mol. The molecule has 0 spiro atoms. The van der Waals surface area contributed by atoms with Crippen LogP contribution in [0, 0.1) is 0 Å². The summed E-state index contributed by atoms with van der Waals surface area (Å²) in [6.07, 6.45) is 1.58. The molecule has 1 aromatic heterocycles. The maximum atomic E-state index is 11.9. The van der Waals surface area contributed by atoms with Gasteiger partial charge in [0.25, 0.3) is 5.91 Å². The van der Waals surface area contributed by atoms with E-state index < -0.39 is 18.5 Å². The summed E-state index contributed by atoms with van der Waals surface area (Å²) >= 11 is 18.9. The second kappa shape index (κ2) is 9.43. The molecule has 1 heterocycles. The van der Waals surface area contributed by atoms with Crippen LogP contribution >= 0.6 is 46.6 Å². The average Bonchev–Trinajstić information content (AvgIpc) is 2.68.